The minimum atomic E-state index is -0.705. The van der Waals surface area contributed by atoms with E-state index in [0.717, 1.165) is 33.3 Å². The van der Waals surface area contributed by atoms with Crippen LogP contribution in [0.25, 0.3) is 28.2 Å². The van der Waals surface area contributed by atoms with E-state index in [-0.39, 0.29) is 0 Å². The fraction of sp³-hybridized carbons (Fsp3) is 0. The smallest absolute Gasteiger partial charge is 0.332 e. The van der Waals surface area contributed by atoms with E-state index in [1.807, 2.05) is 72.8 Å². The fourth-order valence-electron chi connectivity index (χ4n) is 3.25. The highest BCUT2D eigenvalue weighted by Gasteiger charge is 2.11. The fourth-order valence-corrected chi connectivity index (χ4v) is 3.25. The van der Waals surface area contributed by atoms with Crippen molar-refractivity contribution in [2.45, 2.75) is 0 Å². The number of hydrazone groups is 1. The second-order valence-electron chi connectivity index (χ2n) is 6.50. The summed E-state index contributed by atoms with van der Waals surface area (Å²) >= 11 is 0. The van der Waals surface area contributed by atoms with E-state index in [4.69, 9.17) is 5.73 Å². The Labute approximate surface area is 168 Å². The van der Waals surface area contributed by atoms with Crippen molar-refractivity contribution in [2.75, 3.05) is 0 Å². The molecule has 4 aromatic rings. The largest absolute Gasteiger partial charge is 0.354 e. The number of urea groups is 1. The molecule has 0 aliphatic carbocycles. The Hall–Kier alpha value is -4.12. The van der Waals surface area contributed by atoms with Gasteiger partial charge in [-0.2, -0.15) is 5.10 Å². The molecule has 0 saturated carbocycles. The minimum absolute atomic E-state index is 0.605. The highest BCUT2D eigenvalue weighted by Crippen LogP contribution is 2.31. The SMILES string of the molecule is NC(=O)N/N=C(\C=C\c1c(-c2ccccc2)[nH]c2ccccc12)c1ccccc1. The first-order valence-electron chi connectivity index (χ1n) is 9.25. The minimum Gasteiger partial charge on any atom is -0.354 e. The van der Waals surface area contributed by atoms with Crippen LogP contribution >= 0.6 is 0 Å². The highest BCUT2D eigenvalue weighted by molar-refractivity contribution is 6.12. The van der Waals surface area contributed by atoms with Gasteiger partial charge in [0.1, 0.15) is 0 Å². The number of hydrogen-bond acceptors (Lipinski definition) is 2. The molecule has 0 aliphatic heterocycles. The maximum absolute atomic E-state index is 11.2. The molecule has 29 heavy (non-hydrogen) atoms. The molecule has 5 nitrogen and oxygen atoms in total. The summed E-state index contributed by atoms with van der Waals surface area (Å²) in [6.45, 7) is 0. The Morgan fingerprint density at radius 1 is 0.897 bits per heavy atom. The zero-order chi connectivity index (χ0) is 20.1. The van der Waals surface area contributed by atoms with E-state index in [9.17, 15) is 4.79 Å². The predicted molar refractivity (Wildman–Crippen MR) is 118 cm³/mol. The zero-order valence-electron chi connectivity index (χ0n) is 15.7. The van der Waals surface area contributed by atoms with E-state index >= 15 is 0 Å². The standard InChI is InChI=1S/C24H20N4O/c25-24(29)28-27-21(17-9-3-1-4-10-17)16-15-20-19-13-7-8-14-22(19)26-23(20)18-11-5-2-6-12-18/h1-16,26H,(H3,25,28,29)/b16-15+,27-21+. The molecular weight excluding hydrogens is 360 g/mol. The number of fused-ring (bicyclic) bond motifs is 1. The summed E-state index contributed by atoms with van der Waals surface area (Å²) in [5.74, 6) is 0. The topological polar surface area (TPSA) is 83.3 Å². The molecule has 1 heterocycles. The number of nitrogens with one attached hydrogen (secondary N) is 2. The summed E-state index contributed by atoms with van der Waals surface area (Å²) in [5.41, 5.74) is 13.2. The van der Waals surface area contributed by atoms with Crippen molar-refractivity contribution in [2.24, 2.45) is 10.8 Å². The second kappa shape index (κ2) is 8.27. The first-order valence-corrected chi connectivity index (χ1v) is 9.25. The number of para-hydroxylation sites is 1. The van der Waals surface area contributed by atoms with Crippen LogP contribution in [0.4, 0.5) is 4.79 Å². The molecule has 0 spiro atoms. The lowest BCUT2D eigenvalue weighted by molar-refractivity contribution is 0.249. The van der Waals surface area contributed by atoms with Gasteiger partial charge in [0, 0.05) is 22.0 Å². The summed E-state index contributed by atoms with van der Waals surface area (Å²) in [4.78, 5) is 14.7. The second-order valence-corrected chi connectivity index (χ2v) is 6.50. The van der Waals surface area contributed by atoms with E-state index in [1.54, 1.807) is 0 Å². The third kappa shape index (κ3) is 4.09. The number of carbonyl (C=O) groups excluding carboxylic acids is 1. The number of carbonyl (C=O) groups is 1. The monoisotopic (exact) mass is 380 g/mol. The van der Waals surface area contributed by atoms with Gasteiger partial charge in [0.15, 0.2) is 0 Å². The molecule has 0 fully saturated rings. The van der Waals surface area contributed by atoms with Gasteiger partial charge in [-0.3, -0.25) is 0 Å². The van der Waals surface area contributed by atoms with Gasteiger partial charge in [-0.25, -0.2) is 10.2 Å². The van der Waals surface area contributed by atoms with Gasteiger partial charge in [0.25, 0.3) is 0 Å². The van der Waals surface area contributed by atoms with Gasteiger partial charge < -0.3 is 10.7 Å². The average Bonchev–Trinajstić information content (AvgIpc) is 3.13. The lowest BCUT2D eigenvalue weighted by atomic mass is 10.0. The Kier molecular flexibility index (Phi) is 5.21. The molecule has 0 aliphatic rings. The van der Waals surface area contributed by atoms with Crippen molar-refractivity contribution in [3.8, 4) is 11.3 Å². The molecular formula is C24H20N4O. The Bertz CT molecular complexity index is 1190. The van der Waals surface area contributed by atoms with Crippen molar-refractivity contribution in [1.29, 1.82) is 0 Å². The summed E-state index contributed by atoms with van der Waals surface area (Å²) < 4.78 is 0. The van der Waals surface area contributed by atoms with Crippen LogP contribution in [0.3, 0.4) is 0 Å². The lowest BCUT2D eigenvalue weighted by Crippen LogP contribution is -2.25. The molecule has 0 atom stereocenters. The summed E-state index contributed by atoms with van der Waals surface area (Å²) in [6, 6.07) is 27.3. The van der Waals surface area contributed by atoms with E-state index in [2.05, 4.69) is 39.8 Å². The van der Waals surface area contributed by atoms with Crippen molar-refractivity contribution in [1.82, 2.24) is 10.4 Å². The van der Waals surface area contributed by atoms with Gasteiger partial charge in [-0.05, 0) is 23.8 Å². The number of nitrogens with two attached hydrogens (primary N) is 1. The van der Waals surface area contributed by atoms with Gasteiger partial charge >= 0.3 is 6.03 Å². The molecule has 142 valence electrons. The maximum atomic E-state index is 11.2. The van der Waals surface area contributed by atoms with Crippen molar-refractivity contribution in [3.05, 3.63) is 102 Å². The van der Waals surface area contributed by atoms with Crippen LogP contribution in [0.5, 0.6) is 0 Å². The number of hydrogen-bond donors (Lipinski definition) is 3. The quantitative estimate of drug-likeness (QED) is 0.333. The number of aromatic amines is 1. The van der Waals surface area contributed by atoms with Gasteiger partial charge in [0.05, 0.1) is 11.4 Å². The molecule has 1 aromatic heterocycles. The van der Waals surface area contributed by atoms with Gasteiger partial charge in [0.2, 0.25) is 0 Å². The summed E-state index contributed by atoms with van der Waals surface area (Å²) in [5, 5.41) is 5.28. The molecule has 0 bridgehead atoms. The Morgan fingerprint density at radius 3 is 2.28 bits per heavy atom. The molecule has 0 radical (unpaired) electrons. The number of allylic oxidation sites excluding steroid dienone is 1. The van der Waals surface area contributed by atoms with Crippen molar-refractivity contribution >= 4 is 28.7 Å². The molecule has 0 saturated heterocycles. The Morgan fingerprint density at radius 2 is 1.55 bits per heavy atom. The van der Waals surface area contributed by atoms with E-state index in [1.165, 1.54) is 0 Å². The van der Waals surface area contributed by atoms with Crippen LogP contribution in [0.2, 0.25) is 0 Å². The molecule has 4 rings (SSSR count). The maximum Gasteiger partial charge on any atom is 0.332 e. The molecule has 2 amide bonds. The van der Waals surface area contributed by atoms with Crippen LogP contribution in [-0.4, -0.2) is 16.7 Å². The third-order valence-corrected chi connectivity index (χ3v) is 4.57. The van der Waals surface area contributed by atoms with Gasteiger partial charge in [-0.15, -0.1) is 0 Å². The molecule has 3 aromatic carbocycles. The summed E-state index contributed by atoms with van der Waals surface area (Å²) in [6.07, 6.45) is 3.89. The number of H-pyrrole nitrogens is 1. The third-order valence-electron chi connectivity index (χ3n) is 4.57. The number of aromatic nitrogens is 1. The predicted octanol–water partition coefficient (Wildman–Crippen LogP) is 4.92. The average molecular weight is 380 g/mol. The highest BCUT2D eigenvalue weighted by atomic mass is 16.2. The Balaban J connectivity index is 1.82. The molecule has 0 unspecified atom stereocenters. The number of primary amides is 1. The van der Waals surface area contributed by atoms with Crippen LogP contribution in [-0.2, 0) is 0 Å². The number of amides is 2. The number of nitrogens with zero attached hydrogens (tertiary/aromatic N) is 1. The van der Waals surface area contributed by atoms with Crippen LogP contribution in [0.1, 0.15) is 11.1 Å². The number of benzene rings is 3. The van der Waals surface area contributed by atoms with E-state index < -0.39 is 6.03 Å². The number of rotatable bonds is 5. The normalized spacial score (nSPS) is 11.8. The lowest BCUT2D eigenvalue weighted by Gasteiger charge is -2.04. The van der Waals surface area contributed by atoms with Crippen LogP contribution < -0.4 is 11.2 Å². The van der Waals surface area contributed by atoms with Gasteiger partial charge in [-0.1, -0.05) is 78.9 Å². The van der Waals surface area contributed by atoms with Crippen molar-refractivity contribution < 1.29 is 4.79 Å². The molecule has 4 N–H and O–H groups in total. The zero-order valence-corrected chi connectivity index (χ0v) is 15.7. The van der Waals surface area contributed by atoms with E-state index in [0.29, 0.717) is 5.71 Å². The first-order chi connectivity index (χ1) is 14.2. The first kappa shape index (κ1) is 18.3. The molecule has 5 heteroatoms. The summed E-state index contributed by atoms with van der Waals surface area (Å²) in [7, 11) is 0. The van der Waals surface area contributed by atoms with Crippen molar-refractivity contribution in [3.63, 3.8) is 0 Å². The van der Waals surface area contributed by atoms with Crippen LogP contribution in [0.15, 0.2) is 96.1 Å². The van der Waals surface area contributed by atoms with Crippen LogP contribution in [0, 0.1) is 0 Å².